The maximum atomic E-state index is 12.7. The van der Waals surface area contributed by atoms with Crippen LogP contribution in [0.25, 0.3) is 5.52 Å². The predicted molar refractivity (Wildman–Crippen MR) is 83.0 cm³/mol. The number of aromatic nitrogens is 4. The maximum Gasteiger partial charge on any atom is 0.255 e. The molecule has 23 heavy (non-hydrogen) atoms. The molecule has 3 aromatic heterocycles. The van der Waals surface area contributed by atoms with E-state index < -0.39 is 5.60 Å². The Kier molecular flexibility index (Phi) is 2.99. The zero-order valence-corrected chi connectivity index (χ0v) is 13.0. The number of fused-ring (bicyclic) bond motifs is 1. The van der Waals surface area contributed by atoms with Crippen LogP contribution in [0.2, 0.25) is 0 Å². The van der Waals surface area contributed by atoms with Gasteiger partial charge >= 0.3 is 0 Å². The molecule has 0 radical (unpaired) electrons. The van der Waals surface area contributed by atoms with Crippen molar-refractivity contribution in [3.63, 3.8) is 0 Å². The number of rotatable bonds is 3. The molecule has 3 aromatic rings. The first kappa shape index (κ1) is 14.0. The average molecular weight is 311 g/mol. The van der Waals surface area contributed by atoms with Crippen LogP contribution in [0.3, 0.4) is 0 Å². The van der Waals surface area contributed by atoms with Crippen molar-refractivity contribution in [1.82, 2.24) is 24.3 Å². The quantitative estimate of drug-likeness (QED) is 0.726. The standard InChI is InChI=1S/C16H17N5O2/c1-19-14(8-17-18-19)16(23-2)10-21(11-16)15(22)12-7-13-5-3-4-6-20(13)9-12/h3-9H,10-11H2,1-2H3. The molecular weight excluding hydrogens is 294 g/mol. The van der Waals surface area contributed by atoms with Gasteiger partial charge in [-0.15, -0.1) is 5.10 Å². The Morgan fingerprint density at radius 3 is 2.83 bits per heavy atom. The van der Waals surface area contributed by atoms with E-state index in [0.717, 1.165) is 11.2 Å². The largest absolute Gasteiger partial charge is 0.368 e. The fraction of sp³-hybridized carbons (Fsp3) is 0.312. The normalized spacial score (nSPS) is 16.5. The van der Waals surface area contributed by atoms with Crippen LogP contribution in [-0.2, 0) is 17.4 Å². The number of hydrogen-bond donors (Lipinski definition) is 0. The summed E-state index contributed by atoms with van der Waals surface area (Å²) in [6.07, 6.45) is 5.48. The molecule has 0 bridgehead atoms. The van der Waals surface area contributed by atoms with E-state index in [9.17, 15) is 4.79 Å². The Bertz CT molecular complexity index is 842. The molecule has 0 aromatic carbocycles. The lowest BCUT2D eigenvalue weighted by molar-refractivity contribution is -0.119. The fourth-order valence-electron chi connectivity index (χ4n) is 3.17. The van der Waals surface area contributed by atoms with Gasteiger partial charge in [0.2, 0.25) is 0 Å². The van der Waals surface area contributed by atoms with E-state index in [4.69, 9.17) is 4.74 Å². The zero-order valence-electron chi connectivity index (χ0n) is 13.0. The van der Waals surface area contributed by atoms with E-state index in [-0.39, 0.29) is 5.91 Å². The minimum atomic E-state index is -0.521. The van der Waals surface area contributed by atoms with Gasteiger partial charge in [0.15, 0.2) is 0 Å². The van der Waals surface area contributed by atoms with Crippen LogP contribution >= 0.6 is 0 Å². The summed E-state index contributed by atoms with van der Waals surface area (Å²) >= 11 is 0. The number of methoxy groups -OCH3 is 1. The molecule has 1 aliphatic rings. The van der Waals surface area contributed by atoms with E-state index in [2.05, 4.69) is 10.3 Å². The van der Waals surface area contributed by atoms with Crippen LogP contribution in [0.15, 0.2) is 42.9 Å². The smallest absolute Gasteiger partial charge is 0.255 e. The molecule has 0 N–H and O–H groups in total. The molecule has 0 saturated carbocycles. The second-order valence-electron chi connectivity index (χ2n) is 5.86. The van der Waals surface area contributed by atoms with Gasteiger partial charge in [-0.25, -0.2) is 4.68 Å². The number of nitrogens with zero attached hydrogens (tertiary/aromatic N) is 5. The van der Waals surface area contributed by atoms with Crippen LogP contribution in [0, 0.1) is 0 Å². The third-order valence-electron chi connectivity index (χ3n) is 4.50. The molecule has 0 spiro atoms. The number of hydrogen-bond acceptors (Lipinski definition) is 4. The number of pyridine rings is 1. The van der Waals surface area contributed by atoms with Gasteiger partial charge in [0, 0.05) is 32.1 Å². The Labute approximate surface area is 133 Å². The van der Waals surface area contributed by atoms with Gasteiger partial charge in [-0.1, -0.05) is 11.3 Å². The summed E-state index contributed by atoms with van der Waals surface area (Å²) in [5, 5.41) is 7.85. The number of amides is 1. The van der Waals surface area contributed by atoms with Gasteiger partial charge in [0.25, 0.3) is 5.91 Å². The molecule has 1 saturated heterocycles. The molecule has 0 atom stereocenters. The summed E-state index contributed by atoms with van der Waals surface area (Å²) < 4.78 is 9.31. The van der Waals surface area contributed by atoms with E-state index >= 15 is 0 Å². The first-order valence-corrected chi connectivity index (χ1v) is 7.39. The molecule has 0 aliphatic carbocycles. The molecular formula is C16H17N5O2. The van der Waals surface area contributed by atoms with Gasteiger partial charge in [0.1, 0.15) is 5.60 Å². The topological polar surface area (TPSA) is 64.7 Å². The Balaban J connectivity index is 1.57. The van der Waals surface area contributed by atoms with E-state index in [1.165, 1.54) is 0 Å². The lowest BCUT2D eigenvalue weighted by Crippen LogP contribution is -2.62. The average Bonchev–Trinajstić information content (AvgIpc) is 3.13. The Hall–Kier alpha value is -2.67. The summed E-state index contributed by atoms with van der Waals surface area (Å²) in [5.41, 5.74) is 2.05. The second kappa shape index (κ2) is 4.92. The van der Waals surface area contributed by atoms with Crippen molar-refractivity contribution in [3.8, 4) is 0 Å². The predicted octanol–water partition coefficient (Wildman–Crippen LogP) is 1.07. The van der Waals surface area contributed by atoms with E-state index in [0.29, 0.717) is 18.7 Å². The van der Waals surface area contributed by atoms with E-state index in [1.54, 1.807) is 22.9 Å². The van der Waals surface area contributed by atoms with Crippen LogP contribution < -0.4 is 0 Å². The number of carbonyl (C=O) groups is 1. The second-order valence-corrected chi connectivity index (χ2v) is 5.86. The third-order valence-corrected chi connectivity index (χ3v) is 4.50. The van der Waals surface area contributed by atoms with Crippen molar-refractivity contribution in [3.05, 3.63) is 54.1 Å². The summed E-state index contributed by atoms with van der Waals surface area (Å²) in [5.74, 6) is 0.0107. The molecule has 1 aliphatic heterocycles. The monoisotopic (exact) mass is 311 g/mol. The maximum absolute atomic E-state index is 12.7. The zero-order chi connectivity index (χ0) is 16.0. The van der Waals surface area contributed by atoms with Gasteiger partial charge in [-0.05, 0) is 18.2 Å². The SMILES string of the molecule is COC1(c2cnnn2C)CN(C(=O)c2cc3ccccn3c2)C1. The molecule has 1 fully saturated rings. The highest BCUT2D eigenvalue weighted by molar-refractivity contribution is 5.96. The first-order valence-electron chi connectivity index (χ1n) is 7.39. The highest BCUT2D eigenvalue weighted by Crippen LogP contribution is 2.35. The van der Waals surface area contributed by atoms with Crippen LogP contribution in [0.1, 0.15) is 16.1 Å². The summed E-state index contributed by atoms with van der Waals surface area (Å²) in [4.78, 5) is 14.5. The van der Waals surface area contributed by atoms with E-state index in [1.807, 2.05) is 48.1 Å². The highest BCUT2D eigenvalue weighted by Gasteiger charge is 2.49. The third kappa shape index (κ3) is 2.04. The van der Waals surface area contributed by atoms with Gasteiger partial charge in [-0.3, -0.25) is 4.79 Å². The summed E-state index contributed by atoms with van der Waals surface area (Å²) in [6.45, 7) is 0.992. The summed E-state index contributed by atoms with van der Waals surface area (Å²) in [6, 6.07) is 7.78. The Morgan fingerprint density at radius 1 is 1.35 bits per heavy atom. The molecule has 1 amide bonds. The van der Waals surface area contributed by atoms with Crippen molar-refractivity contribution < 1.29 is 9.53 Å². The van der Waals surface area contributed by atoms with Crippen molar-refractivity contribution in [2.45, 2.75) is 5.60 Å². The minimum Gasteiger partial charge on any atom is -0.368 e. The fourth-order valence-corrected chi connectivity index (χ4v) is 3.17. The Morgan fingerprint density at radius 2 is 2.17 bits per heavy atom. The van der Waals surface area contributed by atoms with Gasteiger partial charge in [-0.2, -0.15) is 0 Å². The number of carbonyl (C=O) groups excluding carboxylic acids is 1. The van der Waals surface area contributed by atoms with Crippen molar-refractivity contribution >= 4 is 11.4 Å². The molecule has 4 rings (SSSR count). The number of likely N-dealkylation sites (tertiary alicyclic amines) is 1. The van der Waals surface area contributed by atoms with Crippen LogP contribution in [0.4, 0.5) is 0 Å². The number of ether oxygens (including phenoxy) is 1. The molecule has 7 heteroatoms. The molecule has 4 heterocycles. The highest BCUT2D eigenvalue weighted by atomic mass is 16.5. The lowest BCUT2D eigenvalue weighted by atomic mass is 9.89. The number of aryl methyl sites for hydroxylation is 1. The molecule has 118 valence electrons. The van der Waals surface area contributed by atoms with Crippen molar-refractivity contribution in [2.24, 2.45) is 7.05 Å². The first-order chi connectivity index (χ1) is 11.1. The van der Waals surface area contributed by atoms with Crippen molar-refractivity contribution in [1.29, 1.82) is 0 Å². The molecule has 7 nitrogen and oxygen atoms in total. The summed E-state index contributed by atoms with van der Waals surface area (Å²) in [7, 11) is 3.48. The molecule has 0 unspecified atom stereocenters. The minimum absolute atomic E-state index is 0.0107. The lowest BCUT2D eigenvalue weighted by Gasteiger charge is -2.48. The van der Waals surface area contributed by atoms with Gasteiger partial charge < -0.3 is 14.0 Å². The van der Waals surface area contributed by atoms with Crippen LogP contribution in [0.5, 0.6) is 0 Å². The van der Waals surface area contributed by atoms with Crippen molar-refractivity contribution in [2.75, 3.05) is 20.2 Å². The van der Waals surface area contributed by atoms with Gasteiger partial charge in [0.05, 0.1) is 30.5 Å². The van der Waals surface area contributed by atoms with Crippen LogP contribution in [-0.4, -0.2) is 50.4 Å².